The minimum atomic E-state index is -1.36. The molecule has 1 aliphatic rings. The molecule has 386 valence electrons. The van der Waals surface area contributed by atoms with Gasteiger partial charge in [0.1, 0.15) is 24.6 Å². The Hall–Kier alpha value is -4.32. The number of hydrogen-bond acceptors (Lipinski definition) is 16. The first-order valence-corrected chi connectivity index (χ1v) is 24.7. The van der Waals surface area contributed by atoms with Gasteiger partial charge in [-0.1, -0.05) is 89.9 Å². The molecule has 18 nitrogen and oxygen atoms in total. The lowest BCUT2D eigenvalue weighted by molar-refractivity contribution is -0.318. The largest absolute Gasteiger partial charge is 0.463 e. The van der Waals surface area contributed by atoms with Crippen LogP contribution < -0.4 is 10.6 Å². The van der Waals surface area contributed by atoms with Gasteiger partial charge in [-0.2, -0.15) is 0 Å². The standard InChI is InChI=1S/C49H84N2O16/c1-10-60-49(59)51-34(3)42(62-37(6)54)30-26-23-19-21-25-29-41(58)28-24-20-17-15-13-11-12-14-16-18-22-27-31-43(33(2)50-35(4)52)66-48-47(65-40(9)57)46(64-39(8)56)45(63-38(7)55)44(67-48)32-61-36(5)53/h33-34,42-48H,10-32H2,1-9H3,(H,50,52)(H,51,59)/t33-,34-,42-,43-,44-,45+,46+,47-,48-/m1/s1. The van der Waals surface area contributed by atoms with Gasteiger partial charge in [-0.3, -0.25) is 33.6 Å². The molecular weight excluding hydrogens is 873 g/mol. The van der Waals surface area contributed by atoms with Gasteiger partial charge in [-0.15, -0.1) is 0 Å². The van der Waals surface area contributed by atoms with Gasteiger partial charge in [0, 0.05) is 54.4 Å². The number of carbonyl (C=O) groups is 8. The van der Waals surface area contributed by atoms with Crippen molar-refractivity contribution in [3.63, 3.8) is 0 Å². The maximum atomic E-state index is 12.4. The van der Waals surface area contributed by atoms with Gasteiger partial charge in [0.25, 0.3) is 0 Å². The number of alkyl carbamates (subject to hydrolysis) is 1. The van der Waals surface area contributed by atoms with Crippen molar-refractivity contribution in [2.24, 2.45) is 0 Å². The predicted octanol–water partition coefficient (Wildman–Crippen LogP) is 7.81. The van der Waals surface area contributed by atoms with Gasteiger partial charge in [0.15, 0.2) is 24.6 Å². The molecule has 2 amide bonds. The Balaban J connectivity index is 2.41. The normalized spacial score (nSPS) is 19.7. The van der Waals surface area contributed by atoms with E-state index < -0.39 is 78.9 Å². The molecule has 0 radical (unpaired) electrons. The van der Waals surface area contributed by atoms with E-state index in [9.17, 15) is 38.4 Å². The number of rotatable bonds is 36. The maximum Gasteiger partial charge on any atom is 0.407 e. The smallest absolute Gasteiger partial charge is 0.407 e. The van der Waals surface area contributed by atoms with Crippen molar-refractivity contribution in [2.75, 3.05) is 13.2 Å². The second kappa shape index (κ2) is 35.8. The zero-order valence-electron chi connectivity index (χ0n) is 42.0. The Morgan fingerprint density at radius 2 is 0.925 bits per heavy atom. The summed E-state index contributed by atoms with van der Waals surface area (Å²) in [5.74, 6) is -3.14. The van der Waals surface area contributed by atoms with Gasteiger partial charge in [0.2, 0.25) is 5.91 Å². The number of amides is 2. The van der Waals surface area contributed by atoms with E-state index in [2.05, 4.69) is 10.6 Å². The summed E-state index contributed by atoms with van der Waals surface area (Å²) in [5, 5.41) is 5.58. The highest BCUT2D eigenvalue weighted by atomic mass is 16.7. The summed E-state index contributed by atoms with van der Waals surface area (Å²) in [6.07, 6.45) is 11.8. The molecule has 9 atom stereocenters. The Labute approximate surface area is 399 Å². The lowest BCUT2D eigenvalue weighted by Gasteiger charge is -2.45. The fourth-order valence-corrected chi connectivity index (χ4v) is 8.15. The molecule has 1 aliphatic heterocycles. The monoisotopic (exact) mass is 957 g/mol. The van der Waals surface area contributed by atoms with Crippen molar-refractivity contribution < 1.29 is 76.3 Å². The number of Topliss-reactive ketones (excluding diaryl/α,β-unsaturated/α-hetero) is 1. The number of ketones is 1. The quantitative estimate of drug-likeness (QED) is 0.0346. The number of esters is 5. The lowest BCUT2D eigenvalue weighted by Crippen LogP contribution is -2.63. The summed E-state index contributed by atoms with van der Waals surface area (Å²) in [6, 6.07) is -0.838. The van der Waals surface area contributed by atoms with E-state index in [1.165, 1.54) is 40.5 Å². The van der Waals surface area contributed by atoms with Gasteiger partial charge >= 0.3 is 35.9 Å². The molecule has 0 aliphatic carbocycles. The molecule has 1 saturated heterocycles. The van der Waals surface area contributed by atoms with Crippen LogP contribution in [-0.2, 0) is 71.5 Å². The third-order valence-corrected chi connectivity index (χ3v) is 11.4. The summed E-state index contributed by atoms with van der Waals surface area (Å²) >= 11 is 0. The molecule has 0 unspecified atom stereocenters. The summed E-state index contributed by atoms with van der Waals surface area (Å²) in [6.45, 7) is 12.6. The van der Waals surface area contributed by atoms with Crippen LogP contribution in [0, 0.1) is 0 Å². The van der Waals surface area contributed by atoms with Crippen LogP contribution in [0.1, 0.15) is 197 Å². The topological polar surface area (TPSA) is 234 Å². The van der Waals surface area contributed by atoms with Crippen molar-refractivity contribution in [2.45, 2.75) is 252 Å². The SMILES string of the molecule is CCOC(=O)N[C@H](C)[C@@H](CCCCCCCC(=O)CCCCCCCCCCCCCC[C@@H](O[C@@H]1O[C@H](COC(C)=O)[C@H](OC(C)=O)[C@H](OC(C)=O)[C@H]1OC(C)=O)[C@@H](C)NC(C)=O)OC(C)=O. The molecule has 1 rings (SSSR count). The van der Waals surface area contributed by atoms with Gasteiger partial charge < -0.3 is 48.5 Å². The molecule has 0 bridgehead atoms. The van der Waals surface area contributed by atoms with E-state index in [0.29, 0.717) is 31.5 Å². The summed E-state index contributed by atoms with van der Waals surface area (Å²) in [4.78, 5) is 96.1. The Morgan fingerprint density at radius 1 is 0.493 bits per heavy atom. The van der Waals surface area contributed by atoms with Crippen molar-refractivity contribution in [3.05, 3.63) is 0 Å². The molecule has 0 aromatic heterocycles. The zero-order valence-corrected chi connectivity index (χ0v) is 42.0. The molecule has 2 N–H and O–H groups in total. The lowest BCUT2D eigenvalue weighted by atomic mass is 9.97. The van der Waals surface area contributed by atoms with Gasteiger partial charge in [-0.25, -0.2) is 4.79 Å². The van der Waals surface area contributed by atoms with E-state index in [0.717, 1.165) is 110 Å². The second-order valence-corrected chi connectivity index (χ2v) is 17.7. The highest BCUT2D eigenvalue weighted by molar-refractivity contribution is 5.78. The summed E-state index contributed by atoms with van der Waals surface area (Å²) in [7, 11) is 0. The highest BCUT2D eigenvalue weighted by Crippen LogP contribution is 2.32. The van der Waals surface area contributed by atoms with E-state index >= 15 is 0 Å². The molecule has 0 spiro atoms. The van der Waals surface area contributed by atoms with Crippen molar-refractivity contribution in [1.82, 2.24) is 10.6 Å². The Morgan fingerprint density at radius 3 is 1.37 bits per heavy atom. The van der Waals surface area contributed by atoms with Gasteiger partial charge in [-0.05, 0) is 52.9 Å². The second-order valence-electron chi connectivity index (χ2n) is 17.7. The maximum absolute atomic E-state index is 12.4. The Kier molecular flexibility index (Phi) is 32.4. The van der Waals surface area contributed by atoms with Crippen LogP contribution in [0.3, 0.4) is 0 Å². The fourth-order valence-electron chi connectivity index (χ4n) is 8.15. The van der Waals surface area contributed by atoms with Crippen molar-refractivity contribution in [3.8, 4) is 0 Å². The summed E-state index contributed by atoms with van der Waals surface area (Å²) < 4.78 is 44.7. The minimum Gasteiger partial charge on any atom is -0.463 e. The van der Waals surface area contributed by atoms with Crippen molar-refractivity contribution in [1.29, 1.82) is 0 Å². The van der Waals surface area contributed by atoms with Gasteiger partial charge in [0.05, 0.1) is 24.8 Å². The molecular formula is C49H84N2O16. The first-order chi connectivity index (χ1) is 31.8. The molecule has 1 fully saturated rings. The first kappa shape index (κ1) is 60.7. The molecule has 67 heavy (non-hydrogen) atoms. The number of carbonyl (C=O) groups excluding carboxylic acids is 8. The van der Waals surface area contributed by atoms with E-state index in [4.69, 9.17) is 37.9 Å². The van der Waals surface area contributed by atoms with Crippen LogP contribution in [0.4, 0.5) is 4.79 Å². The third kappa shape index (κ3) is 29.2. The van der Waals surface area contributed by atoms with E-state index in [1.54, 1.807) is 20.8 Å². The summed E-state index contributed by atoms with van der Waals surface area (Å²) in [5.41, 5.74) is 0. The van der Waals surface area contributed by atoms with E-state index in [-0.39, 0.29) is 31.1 Å². The number of nitrogens with one attached hydrogen (secondary N) is 2. The number of unbranched alkanes of at least 4 members (excludes halogenated alkanes) is 15. The Bertz CT molecular complexity index is 1490. The average molecular weight is 957 g/mol. The first-order valence-electron chi connectivity index (χ1n) is 24.7. The predicted molar refractivity (Wildman–Crippen MR) is 247 cm³/mol. The van der Waals surface area contributed by atoms with Crippen LogP contribution in [0.15, 0.2) is 0 Å². The number of ether oxygens (including phenoxy) is 8. The average Bonchev–Trinajstić information content (AvgIpc) is 3.22. The van der Waals surface area contributed by atoms with Crippen LogP contribution in [0.5, 0.6) is 0 Å². The van der Waals surface area contributed by atoms with Crippen molar-refractivity contribution >= 4 is 47.6 Å². The number of hydrogen-bond donors (Lipinski definition) is 2. The molecule has 0 aromatic rings. The van der Waals surface area contributed by atoms with Crippen LogP contribution in [0.2, 0.25) is 0 Å². The third-order valence-electron chi connectivity index (χ3n) is 11.4. The highest BCUT2D eigenvalue weighted by Gasteiger charge is 2.53. The fraction of sp³-hybridized carbons (Fsp3) is 0.837. The minimum absolute atomic E-state index is 0.269. The van der Waals surface area contributed by atoms with Crippen LogP contribution >= 0.6 is 0 Å². The molecule has 1 heterocycles. The zero-order chi connectivity index (χ0) is 50.1. The molecule has 0 aromatic carbocycles. The van der Waals surface area contributed by atoms with Crippen LogP contribution in [0.25, 0.3) is 0 Å². The molecule has 0 saturated carbocycles. The van der Waals surface area contributed by atoms with E-state index in [1.807, 2.05) is 0 Å². The van der Waals surface area contributed by atoms with Crippen LogP contribution in [-0.4, -0.2) is 116 Å². The molecule has 18 heteroatoms.